The fourth-order valence-corrected chi connectivity index (χ4v) is 2.85. The highest BCUT2D eigenvalue weighted by Gasteiger charge is 2.13. The summed E-state index contributed by atoms with van der Waals surface area (Å²) in [6.07, 6.45) is 2.25. The number of hydrogen-bond acceptors (Lipinski definition) is 3. The van der Waals surface area contributed by atoms with E-state index in [1.165, 1.54) is 22.0 Å². The van der Waals surface area contributed by atoms with Crippen LogP contribution in [-0.2, 0) is 6.42 Å². The Kier molecular flexibility index (Phi) is 4.74. The number of rotatable bonds is 5. The molecule has 2 nitrogen and oxygen atoms in total. The van der Waals surface area contributed by atoms with E-state index >= 15 is 0 Å². The molecule has 1 rings (SSSR count). The molecule has 0 amide bonds. The van der Waals surface area contributed by atoms with Gasteiger partial charge in [-0.2, -0.15) is 0 Å². The van der Waals surface area contributed by atoms with E-state index in [4.69, 9.17) is 5.73 Å². The monoisotopic (exact) mass is 226 g/mol. The highest BCUT2D eigenvalue weighted by atomic mass is 32.1. The Morgan fingerprint density at radius 2 is 2.00 bits per heavy atom. The number of aromatic nitrogens is 1. The van der Waals surface area contributed by atoms with Crippen LogP contribution in [0.1, 0.15) is 35.8 Å². The maximum Gasteiger partial charge on any atom is 0.0934 e. The minimum atomic E-state index is 0.593. The summed E-state index contributed by atoms with van der Waals surface area (Å²) >= 11 is 1.82. The molecule has 1 unspecified atom stereocenters. The normalized spacial score (nSPS) is 13.5. The molecule has 0 fully saturated rings. The van der Waals surface area contributed by atoms with Crippen molar-refractivity contribution in [3.05, 3.63) is 15.6 Å². The molecule has 1 atom stereocenters. The molecule has 15 heavy (non-hydrogen) atoms. The molecule has 1 heterocycles. The molecule has 0 radical (unpaired) electrons. The second-order valence-electron chi connectivity index (χ2n) is 4.68. The average molecular weight is 226 g/mol. The van der Waals surface area contributed by atoms with E-state index in [1.54, 1.807) is 0 Å². The summed E-state index contributed by atoms with van der Waals surface area (Å²) < 4.78 is 0. The van der Waals surface area contributed by atoms with Crippen LogP contribution >= 0.6 is 11.3 Å². The molecule has 2 N–H and O–H groups in total. The van der Waals surface area contributed by atoms with E-state index in [-0.39, 0.29) is 0 Å². The van der Waals surface area contributed by atoms with Crippen LogP contribution in [-0.4, -0.2) is 11.5 Å². The van der Waals surface area contributed by atoms with Gasteiger partial charge in [0, 0.05) is 11.3 Å². The smallest absolute Gasteiger partial charge is 0.0934 e. The van der Waals surface area contributed by atoms with Crippen molar-refractivity contribution in [2.24, 2.45) is 17.6 Å². The van der Waals surface area contributed by atoms with Gasteiger partial charge in [-0.3, -0.25) is 0 Å². The van der Waals surface area contributed by atoms with Crippen LogP contribution in [0.4, 0.5) is 0 Å². The van der Waals surface area contributed by atoms with Crippen LogP contribution in [0, 0.1) is 25.7 Å². The van der Waals surface area contributed by atoms with E-state index in [2.05, 4.69) is 32.7 Å². The molecule has 3 heteroatoms. The maximum absolute atomic E-state index is 5.79. The summed E-state index contributed by atoms with van der Waals surface area (Å²) in [5, 5.41) is 1.25. The Hall–Kier alpha value is -0.410. The summed E-state index contributed by atoms with van der Waals surface area (Å²) in [5.41, 5.74) is 6.97. The van der Waals surface area contributed by atoms with Gasteiger partial charge in [0.15, 0.2) is 0 Å². The molecule has 0 aromatic carbocycles. The first-order valence-electron chi connectivity index (χ1n) is 5.65. The molecule has 0 saturated carbocycles. The number of thiazole rings is 1. The fourth-order valence-electron chi connectivity index (χ4n) is 1.80. The second kappa shape index (κ2) is 5.61. The first kappa shape index (κ1) is 12.7. The Bertz CT molecular complexity index is 285. The average Bonchev–Trinajstić information content (AvgIpc) is 2.44. The first-order chi connectivity index (χ1) is 7.02. The molecule has 0 aliphatic heterocycles. The Labute approximate surface area is 96.9 Å². The first-order valence-corrected chi connectivity index (χ1v) is 6.47. The van der Waals surface area contributed by atoms with Crippen LogP contribution in [0.25, 0.3) is 0 Å². The van der Waals surface area contributed by atoms with Gasteiger partial charge >= 0.3 is 0 Å². The number of aryl methyl sites for hydroxylation is 2. The predicted octanol–water partition coefficient (Wildman–Crippen LogP) is 2.92. The molecule has 0 aliphatic rings. The highest BCUT2D eigenvalue weighted by molar-refractivity contribution is 7.11. The highest BCUT2D eigenvalue weighted by Crippen LogP contribution is 2.22. The molecule has 86 valence electrons. The molecule has 0 bridgehead atoms. The Morgan fingerprint density at radius 1 is 1.33 bits per heavy atom. The summed E-state index contributed by atoms with van der Waals surface area (Å²) in [6, 6.07) is 0. The van der Waals surface area contributed by atoms with Crippen molar-refractivity contribution in [1.82, 2.24) is 4.98 Å². The van der Waals surface area contributed by atoms with Crippen molar-refractivity contribution in [2.45, 2.75) is 40.5 Å². The van der Waals surface area contributed by atoms with Gasteiger partial charge in [0.05, 0.1) is 10.7 Å². The van der Waals surface area contributed by atoms with Crippen molar-refractivity contribution in [3.63, 3.8) is 0 Å². The van der Waals surface area contributed by atoms with Crippen molar-refractivity contribution >= 4 is 11.3 Å². The van der Waals surface area contributed by atoms with Crippen molar-refractivity contribution in [2.75, 3.05) is 6.54 Å². The zero-order valence-electron chi connectivity index (χ0n) is 10.2. The van der Waals surface area contributed by atoms with Gasteiger partial charge in [-0.15, -0.1) is 11.3 Å². The third-order valence-corrected chi connectivity index (χ3v) is 3.77. The lowest BCUT2D eigenvalue weighted by atomic mass is 9.94. The van der Waals surface area contributed by atoms with E-state index in [0.717, 1.165) is 18.9 Å². The number of nitrogens with zero attached hydrogens (tertiary/aromatic N) is 1. The zero-order valence-corrected chi connectivity index (χ0v) is 11.0. The van der Waals surface area contributed by atoms with Gasteiger partial charge in [0.1, 0.15) is 0 Å². The summed E-state index contributed by atoms with van der Waals surface area (Å²) in [4.78, 5) is 5.91. The summed E-state index contributed by atoms with van der Waals surface area (Å²) in [5.74, 6) is 1.32. The molecule has 0 saturated heterocycles. The topological polar surface area (TPSA) is 38.9 Å². The fraction of sp³-hybridized carbons (Fsp3) is 0.750. The van der Waals surface area contributed by atoms with Crippen molar-refractivity contribution < 1.29 is 0 Å². The van der Waals surface area contributed by atoms with E-state index < -0.39 is 0 Å². The molecular formula is C12H22N2S. The van der Waals surface area contributed by atoms with Gasteiger partial charge < -0.3 is 5.73 Å². The second-order valence-corrected chi connectivity index (χ2v) is 5.97. The predicted molar refractivity (Wildman–Crippen MR) is 67.3 cm³/mol. The van der Waals surface area contributed by atoms with Gasteiger partial charge in [-0.25, -0.2) is 4.98 Å². The Balaban J connectivity index is 2.58. The van der Waals surface area contributed by atoms with Crippen LogP contribution in [0.5, 0.6) is 0 Å². The van der Waals surface area contributed by atoms with Gasteiger partial charge in [0.25, 0.3) is 0 Å². The van der Waals surface area contributed by atoms with Crippen molar-refractivity contribution in [3.8, 4) is 0 Å². The van der Waals surface area contributed by atoms with Crippen LogP contribution in [0.2, 0.25) is 0 Å². The third-order valence-electron chi connectivity index (χ3n) is 2.67. The van der Waals surface area contributed by atoms with Crippen LogP contribution < -0.4 is 5.73 Å². The van der Waals surface area contributed by atoms with Gasteiger partial charge in [-0.1, -0.05) is 13.8 Å². The van der Waals surface area contributed by atoms with E-state index in [0.29, 0.717) is 5.92 Å². The standard InChI is InChI=1S/C12H22N2S/c1-8(2)5-11(7-13)6-12-14-9(3)10(4)15-12/h8,11H,5-7,13H2,1-4H3. The lowest BCUT2D eigenvalue weighted by Crippen LogP contribution is -2.18. The SMILES string of the molecule is Cc1nc(CC(CN)CC(C)C)sc1C. The van der Waals surface area contributed by atoms with Crippen LogP contribution in [0.15, 0.2) is 0 Å². The van der Waals surface area contributed by atoms with E-state index in [9.17, 15) is 0 Å². The molecule has 1 aromatic rings. The minimum absolute atomic E-state index is 0.593. The summed E-state index contributed by atoms with van der Waals surface area (Å²) in [7, 11) is 0. The van der Waals surface area contributed by atoms with Gasteiger partial charge in [0.2, 0.25) is 0 Å². The molecular weight excluding hydrogens is 204 g/mol. The lowest BCUT2D eigenvalue weighted by molar-refractivity contribution is 0.414. The largest absolute Gasteiger partial charge is 0.330 e. The van der Waals surface area contributed by atoms with Crippen LogP contribution in [0.3, 0.4) is 0 Å². The zero-order chi connectivity index (χ0) is 11.4. The lowest BCUT2D eigenvalue weighted by Gasteiger charge is -2.15. The summed E-state index contributed by atoms with van der Waals surface area (Å²) in [6.45, 7) is 9.49. The van der Waals surface area contributed by atoms with E-state index in [1.807, 2.05) is 11.3 Å². The van der Waals surface area contributed by atoms with Crippen molar-refractivity contribution in [1.29, 1.82) is 0 Å². The molecule has 0 spiro atoms. The quantitative estimate of drug-likeness (QED) is 0.838. The maximum atomic E-state index is 5.79. The number of hydrogen-bond donors (Lipinski definition) is 1. The number of nitrogens with two attached hydrogens (primary N) is 1. The molecule has 1 aromatic heterocycles. The van der Waals surface area contributed by atoms with Gasteiger partial charge in [-0.05, 0) is 38.6 Å². The Morgan fingerprint density at radius 3 is 2.40 bits per heavy atom. The molecule has 0 aliphatic carbocycles. The third kappa shape index (κ3) is 3.92. The minimum Gasteiger partial charge on any atom is -0.330 e.